The average Bonchev–Trinajstić information content (AvgIpc) is 3.03. The Labute approximate surface area is 171 Å². The number of piperidine rings is 1. The van der Waals surface area contributed by atoms with Gasteiger partial charge >= 0.3 is 0 Å². The van der Waals surface area contributed by atoms with Gasteiger partial charge in [-0.15, -0.1) is 0 Å². The fourth-order valence-electron chi connectivity index (χ4n) is 4.09. The molecule has 5 nitrogen and oxygen atoms in total. The maximum absolute atomic E-state index is 13.0. The second-order valence-corrected chi connectivity index (χ2v) is 9.87. The molecule has 148 valence electrons. The summed E-state index contributed by atoms with van der Waals surface area (Å²) in [5.41, 5.74) is 2.19. The minimum Gasteiger partial charge on any atom is -0.305 e. The standard InChI is InChI=1S/C21H23ClN2O3S/c1-15-12-17-14-19(28(26,27)23-10-3-2-4-11-23)8-9-20(17)24(15)21(25)16-6-5-7-18(22)13-16/h5-9,13-15H,2-4,10-12H2,1H3/t15-/m1/s1. The van der Waals surface area contributed by atoms with E-state index in [0.29, 0.717) is 35.0 Å². The number of carbonyl (C=O) groups is 1. The topological polar surface area (TPSA) is 57.7 Å². The molecule has 2 aromatic carbocycles. The van der Waals surface area contributed by atoms with Crippen molar-refractivity contribution in [2.24, 2.45) is 0 Å². The van der Waals surface area contributed by atoms with Crippen molar-refractivity contribution in [2.75, 3.05) is 18.0 Å². The van der Waals surface area contributed by atoms with Crippen molar-refractivity contribution in [3.8, 4) is 0 Å². The van der Waals surface area contributed by atoms with Gasteiger partial charge in [-0.3, -0.25) is 4.79 Å². The lowest BCUT2D eigenvalue weighted by Crippen LogP contribution is -2.36. The second kappa shape index (κ2) is 7.50. The summed E-state index contributed by atoms with van der Waals surface area (Å²) in [6.07, 6.45) is 3.52. The molecule has 2 aromatic rings. The van der Waals surface area contributed by atoms with Gasteiger partial charge in [0.05, 0.1) is 4.90 Å². The van der Waals surface area contributed by atoms with Crippen LogP contribution in [0.5, 0.6) is 0 Å². The predicted octanol–water partition coefficient (Wildman–Crippen LogP) is 4.11. The normalized spacial score (nSPS) is 20.2. The Kier molecular flexibility index (Phi) is 5.21. The van der Waals surface area contributed by atoms with E-state index < -0.39 is 10.0 Å². The molecule has 1 atom stereocenters. The van der Waals surface area contributed by atoms with Crippen LogP contribution >= 0.6 is 11.6 Å². The van der Waals surface area contributed by atoms with Gasteiger partial charge in [-0.2, -0.15) is 4.31 Å². The Morgan fingerprint density at radius 3 is 2.54 bits per heavy atom. The number of amides is 1. The van der Waals surface area contributed by atoms with Crippen molar-refractivity contribution in [1.82, 2.24) is 4.31 Å². The number of sulfonamides is 1. The zero-order valence-electron chi connectivity index (χ0n) is 15.8. The van der Waals surface area contributed by atoms with Crippen LogP contribution in [0.1, 0.15) is 42.1 Å². The van der Waals surface area contributed by atoms with Crippen LogP contribution in [0, 0.1) is 0 Å². The summed E-state index contributed by atoms with van der Waals surface area (Å²) in [6, 6.07) is 12.0. The van der Waals surface area contributed by atoms with Crippen LogP contribution in [0.25, 0.3) is 0 Å². The Balaban J connectivity index is 1.66. The molecule has 0 spiro atoms. The zero-order valence-corrected chi connectivity index (χ0v) is 17.3. The Bertz CT molecular complexity index is 1020. The van der Waals surface area contributed by atoms with E-state index in [1.54, 1.807) is 51.7 Å². The first kappa shape index (κ1) is 19.4. The van der Waals surface area contributed by atoms with E-state index in [0.717, 1.165) is 30.5 Å². The lowest BCUT2D eigenvalue weighted by atomic mass is 10.1. The largest absolute Gasteiger partial charge is 0.305 e. The molecule has 2 heterocycles. The molecule has 28 heavy (non-hydrogen) atoms. The second-order valence-electron chi connectivity index (χ2n) is 7.49. The third kappa shape index (κ3) is 3.45. The van der Waals surface area contributed by atoms with Crippen molar-refractivity contribution in [1.29, 1.82) is 0 Å². The van der Waals surface area contributed by atoms with E-state index >= 15 is 0 Å². The Morgan fingerprint density at radius 1 is 1.07 bits per heavy atom. The van der Waals surface area contributed by atoms with Crippen LogP contribution in [0.3, 0.4) is 0 Å². The molecule has 2 aliphatic rings. The van der Waals surface area contributed by atoms with E-state index in [1.165, 1.54) is 0 Å². The van der Waals surface area contributed by atoms with Gasteiger partial charge in [-0.1, -0.05) is 24.1 Å². The smallest absolute Gasteiger partial charge is 0.258 e. The van der Waals surface area contributed by atoms with Crippen molar-refractivity contribution in [3.05, 3.63) is 58.6 Å². The third-order valence-electron chi connectivity index (χ3n) is 5.51. The molecular weight excluding hydrogens is 396 g/mol. The average molecular weight is 419 g/mol. The number of halogens is 1. The molecular formula is C21H23ClN2O3S. The molecule has 1 fully saturated rings. The minimum atomic E-state index is -3.48. The summed E-state index contributed by atoms with van der Waals surface area (Å²) >= 11 is 6.03. The van der Waals surface area contributed by atoms with E-state index in [9.17, 15) is 13.2 Å². The molecule has 7 heteroatoms. The molecule has 2 aliphatic heterocycles. The first-order valence-electron chi connectivity index (χ1n) is 9.60. The molecule has 1 amide bonds. The van der Waals surface area contributed by atoms with Crippen molar-refractivity contribution in [2.45, 2.75) is 43.5 Å². The fraction of sp³-hybridized carbons (Fsp3) is 0.381. The molecule has 1 saturated heterocycles. The van der Waals surface area contributed by atoms with Crippen molar-refractivity contribution >= 4 is 33.2 Å². The van der Waals surface area contributed by atoms with Crippen molar-refractivity contribution in [3.63, 3.8) is 0 Å². The highest BCUT2D eigenvalue weighted by atomic mass is 35.5. The predicted molar refractivity (Wildman–Crippen MR) is 110 cm³/mol. The maximum Gasteiger partial charge on any atom is 0.258 e. The summed E-state index contributed by atoms with van der Waals surface area (Å²) in [5, 5.41) is 0.515. The number of anilines is 1. The molecule has 0 aliphatic carbocycles. The van der Waals surface area contributed by atoms with Gasteiger partial charge in [-0.05, 0) is 68.1 Å². The molecule has 4 rings (SSSR count). The molecule has 0 aromatic heterocycles. The van der Waals surface area contributed by atoms with Gasteiger partial charge in [0.1, 0.15) is 0 Å². The molecule has 0 radical (unpaired) electrons. The number of fused-ring (bicyclic) bond motifs is 1. The molecule has 0 N–H and O–H groups in total. The number of rotatable bonds is 3. The molecule has 0 bridgehead atoms. The van der Waals surface area contributed by atoms with Crippen LogP contribution in [0.15, 0.2) is 47.4 Å². The van der Waals surface area contributed by atoms with E-state index in [2.05, 4.69) is 0 Å². The van der Waals surface area contributed by atoms with Gasteiger partial charge < -0.3 is 4.90 Å². The number of benzene rings is 2. The third-order valence-corrected chi connectivity index (χ3v) is 7.64. The van der Waals surface area contributed by atoms with Gasteiger partial charge in [0, 0.05) is 35.4 Å². The van der Waals surface area contributed by atoms with Gasteiger partial charge in [0.25, 0.3) is 5.91 Å². The summed E-state index contributed by atoms with van der Waals surface area (Å²) in [7, 11) is -3.48. The molecule has 0 saturated carbocycles. The first-order valence-corrected chi connectivity index (χ1v) is 11.4. The lowest BCUT2D eigenvalue weighted by Gasteiger charge is -2.26. The van der Waals surface area contributed by atoms with Crippen LogP contribution in [-0.4, -0.2) is 37.8 Å². The SMILES string of the molecule is C[C@@H]1Cc2cc(S(=O)(=O)N3CCCCC3)ccc2N1C(=O)c1cccc(Cl)c1. The van der Waals surface area contributed by atoms with E-state index in [4.69, 9.17) is 11.6 Å². The fourth-order valence-corrected chi connectivity index (χ4v) is 5.85. The number of nitrogens with zero attached hydrogens (tertiary/aromatic N) is 2. The highest BCUT2D eigenvalue weighted by Gasteiger charge is 2.34. The summed E-state index contributed by atoms with van der Waals surface area (Å²) in [5.74, 6) is -0.125. The summed E-state index contributed by atoms with van der Waals surface area (Å²) < 4.78 is 27.5. The number of hydrogen-bond donors (Lipinski definition) is 0. The number of carbonyl (C=O) groups excluding carboxylic acids is 1. The monoisotopic (exact) mass is 418 g/mol. The lowest BCUT2D eigenvalue weighted by molar-refractivity contribution is 0.0981. The van der Waals surface area contributed by atoms with Gasteiger partial charge in [-0.25, -0.2) is 8.42 Å². The maximum atomic E-state index is 13.0. The van der Waals surface area contributed by atoms with Crippen LogP contribution in [-0.2, 0) is 16.4 Å². The Hall–Kier alpha value is -1.89. The van der Waals surface area contributed by atoms with Gasteiger partial charge in [0.2, 0.25) is 10.0 Å². The minimum absolute atomic E-state index is 0.0468. The summed E-state index contributed by atoms with van der Waals surface area (Å²) in [4.78, 5) is 15.1. The molecule has 0 unspecified atom stereocenters. The van der Waals surface area contributed by atoms with Crippen molar-refractivity contribution < 1.29 is 13.2 Å². The van der Waals surface area contributed by atoms with E-state index in [-0.39, 0.29) is 11.9 Å². The van der Waals surface area contributed by atoms with Crippen LogP contribution < -0.4 is 4.90 Å². The first-order chi connectivity index (χ1) is 13.4. The van der Waals surface area contributed by atoms with Crippen LogP contribution in [0.2, 0.25) is 5.02 Å². The number of hydrogen-bond acceptors (Lipinski definition) is 3. The quantitative estimate of drug-likeness (QED) is 0.753. The van der Waals surface area contributed by atoms with Gasteiger partial charge in [0.15, 0.2) is 0 Å². The van der Waals surface area contributed by atoms with E-state index in [1.807, 2.05) is 6.92 Å². The Morgan fingerprint density at radius 2 is 1.82 bits per heavy atom. The highest BCUT2D eigenvalue weighted by molar-refractivity contribution is 7.89. The zero-order chi connectivity index (χ0) is 19.9. The van der Waals surface area contributed by atoms with Crippen LogP contribution in [0.4, 0.5) is 5.69 Å². The summed E-state index contributed by atoms with van der Waals surface area (Å²) in [6.45, 7) is 3.13. The highest BCUT2D eigenvalue weighted by Crippen LogP contribution is 2.36.